The van der Waals surface area contributed by atoms with Crippen LogP contribution >= 0.6 is 0 Å². The minimum absolute atomic E-state index is 0.0884. The first-order valence-electron chi connectivity index (χ1n) is 4.32. The number of amides is 1. The van der Waals surface area contributed by atoms with Gasteiger partial charge in [0.15, 0.2) is 0 Å². The summed E-state index contributed by atoms with van der Waals surface area (Å²) in [5.74, 6) is -0.116. The smallest absolute Gasteiger partial charge is 0.244 e. The standard InChI is InChI=1S/C9H18N2O/c1-5-9(12)10-8(4)11(6-2)7-3/h5,8H,1,6-7H2,2-4H3,(H,10,12). The van der Waals surface area contributed by atoms with E-state index in [2.05, 4.69) is 30.6 Å². The Balaban J connectivity index is 3.91. The number of hydrogen-bond donors (Lipinski definition) is 1. The summed E-state index contributed by atoms with van der Waals surface area (Å²) in [5, 5.41) is 2.80. The second-order valence-electron chi connectivity index (χ2n) is 2.61. The zero-order valence-corrected chi connectivity index (χ0v) is 8.13. The van der Waals surface area contributed by atoms with Gasteiger partial charge in [-0.1, -0.05) is 20.4 Å². The van der Waals surface area contributed by atoms with Crippen molar-refractivity contribution in [3.63, 3.8) is 0 Å². The Morgan fingerprint density at radius 2 is 2.08 bits per heavy atom. The molecule has 0 aromatic carbocycles. The third kappa shape index (κ3) is 3.53. The van der Waals surface area contributed by atoms with Crippen LogP contribution in [0.5, 0.6) is 0 Å². The van der Waals surface area contributed by atoms with Crippen molar-refractivity contribution in [3.05, 3.63) is 12.7 Å². The fourth-order valence-electron chi connectivity index (χ4n) is 1.13. The molecule has 1 amide bonds. The van der Waals surface area contributed by atoms with E-state index >= 15 is 0 Å². The predicted molar refractivity (Wildman–Crippen MR) is 50.7 cm³/mol. The van der Waals surface area contributed by atoms with Crippen LogP contribution in [0.1, 0.15) is 20.8 Å². The number of hydrogen-bond acceptors (Lipinski definition) is 2. The van der Waals surface area contributed by atoms with Gasteiger partial charge in [0, 0.05) is 0 Å². The molecule has 1 unspecified atom stereocenters. The maximum atomic E-state index is 10.9. The van der Waals surface area contributed by atoms with Crippen molar-refractivity contribution in [2.75, 3.05) is 13.1 Å². The van der Waals surface area contributed by atoms with E-state index in [1.165, 1.54) is 6.08 Å². The van der Waals surface area contributed by atoms with Crippen molar-refractivity contribution in [3.8, 4) is 0 Å². The summed E-state index contributed by atoms with van der Waals surface area (Å²) >= 11 is 0. The molecule has 0 spiro atoms. The Kier molecular flexibility index (Phi) is 5.37. The van der Waals surface area contributed by atoms with Crippen molar-refractivity contribution in [1.82, 2.24) is 10.2 Å². The molecule has 0 aliphatic heterocycles. The highest BCUT2D eigenvalue weighted by Gasteiger charge is 2.09. The molecular formula is C9H18N2O. The molecule has 1 atom stereocenters. The second kappa shape index (κ2) is 5.77. The van der Waals surface area contributed by atoms with Crippen LogP contribution < -0.4 is 5.32 Å². The molecule has 0 saturated heterocycles. The van der Waals surface area contributed by atoms with Gasteiger partial charge in [0.2, 0.25) is 5.91 Å². The van der Waals surface area contributed by atoms with E-state index < -0.39 is 0 Å². The van der Waals surface area contributed by atoms with Crippen molar-refractivity contribution in [2.24, 2.45) is 0 Å². The molecule has 3 heteroatoms. The Morgan fingerprint density at radius 1 is 1.58 bits per heavy atom. The van der Waals surface area contributed by atoms with Crippen molar-refractivity contribution < 1.29 is 4.79 Å². The van der Waals surface area contributed by atoms with Crippen molar-refractivity contribution in [1.29, 1.82) is 0 Å². The van der Waals surface area contributed by atoms with Crippen LogP contribution in [0.2, 0.25) is 0 Å². The monoisotopic (exact) mass is 170 g/mol. The van der Waals surface area contributed by atoms with Crippen LogP contribution in [0, 0.1) is 0 Å². The van der Waals surface area contributed by atoms with E-state index in [4.69, 9.17) is 0 Å². The zero-order valence-electron chi connectivity index (χ0n) is 8.13. The van der Waals surface area contributed by atoms with Crippen LogP contribution in [-0.4, -0.2) is 30.1 Å². The fraction of sp³-hybridized carbons (Fsp3) is 0.667. The molecule has 0 aliphatic carbocycles. The molecule has 1 N–H and O–H groups in total. The molecule has 0 aromatic heterocycles. The van der Waals surface area contributed by atoms with E-state index in [9.17, 15) is 4.79 Å². The summed E-state index contributed by atoms with van der Waals surface area (Å²) in [5.41, 5.74) is 0. The van der Waals surface area contributed by atoms with Gasteiger partial charge in [0.1, 0.15) is 0 Å². The van der Waals surface area contributed by atoms with Gasteiger partial charge < -0.3 is 5.32 Å². The van der Waals surface area contributed by atoms with Gasteiger partial charge in [-0.05, 0) is 26.1 Å². The van der Waals surface area contributed by atoms with Crippen LogP contribution in [0.15, 0.2) is 12.7 Å². The molecule has 3 nitrogen and oxygen atoms in total. The lowest BCUT2D eigenvalue weighted by molar-refractivity contribution is -0.118. The molecule has 0 aromatic rings. The number of rotatable bonds is 5. The minimum Gasteiger partial charge on any atom is -0.337 e. The molecule has 0 radical (unpaired) electrons. The first-order valence-corrected chi connectivity index (χ1v) is 4.32. The van der Waals surface area contributed by atoms with Crippen molar-refractivity contribution in [2.45, 2.75) is 26.9 Å². The topological polar surface area (TPSA) is 32.3 Å². The van der Waals surface area contributed by atoms with E-state index in [1.807, 2.05) is 6.92 Å². The van der Waals surface area contributed by atoms with Gasteiger partial charge in [-0.2, -0.15) is 0 Å². The van der Waals surface area contributed by atoms with E-state index in [-0.39, 0.29) is 12.1 Å². The summed E-state index contributed by atoms with van der Waals surface area (Å²) in [6, 6.07) is 0. The van der Waals surface area contributed by atoms with Gasteiger partial charge >= 0.3 is 0 Å². The van der Waals surface area contributed by atoms with Crippen LogP contribution in [0.3, 0.4) is 0 Å². The lowest BCUT2D eigenvalue weighted by Crippen LogP contribution is -2.45. The maximum absolute atomic E-state index is 10.9. The molecule has 0 bridgehead atoms. The molecule has 70 valence electrons. The largest absolute Gasteiger partial charge is 0.337 e. The summed E-state index contributed by atoms with van der Waals surface area (Å²) < 4.78 is 0. The normalized spacial score (nSPS) is 12.7. The average molecular weight is 170 g/mol. The maximum Gasteiger partial charge on any atom is 0.244 e. The molecule has 12 heavy (non-hydrogen) atoms. The molecule has 0 fully saturated rings. The van der Waals surface area contributed by atoms with Gasteiger partial charge in [-0.25, -0.2) is 0 Å². The SMILES string of the molecule is C=CC(=O)NC(C)N(CC)CC. The van der Waals surface area contributed by atoms with Crippen LogP contribution in [-0.2, 0) is 4.79 Å². The third-order valence-corrected chi connectivity index (χ3v) is 1.90. The minimum atomic E-state index is -0.116. The highest BCUT2D eigenvalue weighted by molar-refractivity contribution is 5.86. The number of carbonyl (C=O) groups excluding carboxylic acids is 1. The van der Waals surface area contributed by atoms with Crippen LogP contribution in [0.25, 0.3) is 0 Å². The molecule has 0 rings (SSSR count). The van der Waals surface area contributed by atoms with Gasteiger partial charge in [0.05, 0.1) is 6.17 Å². The lowest BCUT2D eigenvalue weighted by Gasteiger charge is -2.26. The van der Waals surface area contributed by atoms with Gasteiger partial charge in [-0.15, -0.1) is 0 Å². The first-order chi connectivity index (χ1) is 5.65. The molecular weight excluding hydrogens is 152 g/mol. The van der Waals surface area contributed by atoms with E-state index in [0.717, 1.165) is 13.1 Å². The number of carbonyl (C=O) groups is 1. The Bertz CT molecular complexity index is 153. The first kappa shape index (κ1) is 11.2. The lowest BCUT2D eigenvalue weighted by atomic mass is 10.4. The Labute approximate surface area is 74.4 Å². The number of nitrogens with one attached hydrogen (secondary N) is 1. The van der Waals surface area contributed by atoms with E-state index in [1.54, 1.807) is 0 Å². The van der Waals surface area contributed by atoms with Crippen LogP contribution in [0.4, 0.5) is 0 Å². The summed E-state index contributed by atoms with van der Waals surface area (Å²) in [6.07, 6.45) is 1.38. The highest BCUT2D eigenvalue weighted by atomic mass is 16.1. The third-order valence-electron chi connectivity index (χ3n) is 1.90. The van der Waals surface area contributed by atoms with Gasteiger partial charge in [0.25, 0.3) is 0 Å². The quantitative estimate of drug-likeness (QED) is 0.492. The predicted octanol–water partition coefficient (Wildman–Crippen LogP) is 0.976. The molecule has 0 aliphatic rings. The summed E-state index contributed by atoms with van der Waals surface area (Å²) in [6.45, 7) is 11.4. The summed E-state index contributed by atoms with van der Waals surface area (Å²) in [4.78, 5) is 13.1. The van der Waals surface area contributed by atoms with E-state index in [0.29, 0.717) is 0 Å². The molecule has 0 heterocycles. The number of nitrogens with zero attached hydrogens (tertiary/aromatic N) is 1. The van der Waals surface area contributed by atoms with Gasteiger partial charge in [-0.3, -0.25) is 9.69 Å². The fourth-order valence-corrected chi connectivity index (χ4v) is 1.13. The zero-order chi connectivity index (χ0) is 9.56. The highest BCUT2D eigenvalue weighted by Crippen LogP contribution is 1.93. The Hall–Kier alpha value is -0.830. The average Bonchev–Trinajstić information content (AvgIpc) is 2.06. The van der Waals surface area contributed by atoms with Crippen molar-refractivity contribution >= 4 is 5.91 Å². The summed E-state index contributed by atoms with van der Waals surface area (Å²) in [7, 11) is 0. The second-order valence-corrected chi connectivity index (χ2v) is 2.61. The molecule has 0 saturated carbocycles. The Morgan fingerprint density at radius 3 is 2.42 bits per heavy atom.